The summed E-state index contributed by atoms with van der Waals surface area (Å²) in [7, 11) is 3.12. The molecule has 0 saturated heterocycles. The van der Waals surface area contributed by atoms with Gasteiger partial charge in [-0.15, -0.1) is 11.3 Å². The number of carbonyl (C=O) groups excluding carboxylic acids is 1. The lowest BCUT2D eigenvalue weighted by Crippen LogP contribution is -2.36. The summed E-state index contributed by atoms with van der Waals surface area (Å²) in [6.07, 6.45) is 0. The van der Waals surface area contributed by atoms with Crippen LogP contribution in [0.2, 0.25) is 0 Å². The molecular weight excluding hydrogens is 346 g/mol. The van der Waals surface area contributed by atoms with Crippen LogP contribution in [0.1, 0.15) is 15.5 Å². The smallest absolute Gasteiger partial charge is 0.355 e. The highest BCUT2D eigenvalue weighted by Crippen LogP contribution is 2.17. The number of amides is 2. The molecule has 0 aliphatic carbocycles. The molecule has 0 spiro atoms. The van der Waals surface area contributed by atoms with Gasteiger partial charge in [-0.3, -0.25) is 0 Å². The summed E-state index contributed by atoms with van der Waals surface area (Å²) < 4.78 is 10.1. The van der Waals surface area contributed by atoms with Crippen LogP contribution in [0.3, 0.4) is 0 Å². The Morgan fingerprint density at radius 1 is 1.28 bits per heavy atom. The van der Waals surface area contributed by atoms with Gasteiger partial charge in [-0.25, -0.2) is 14.6 Å². The minimum Gasteiger partial charge on any atom is -0.497 e. The van der Waals surface area contributed by atoms with E-state index < -0.39 is 5.97 Å². The highest BCUT2D eigenvalue weighted by atomic mass is 32.1. The number of aromatic carboxylic acids is 1. The van der Waals surface area contributed by atoms with Crippen molar-refractivity contribution in [1.29, 1.82) is 0 Å². The van der Waals surface area contributed by atoms with Gasteiger partial charge < -0.3 is 24.8 Å². The standard InChI is InChI=1S/C16H19N3O5S/c1-23-8-7-19(9-14-18-13(10-25-14)15(20)21)16(22)17-11-3-5-12(24-2)6-4-11/h3-6,10H,7-9H2,1-2H3,(H,17,22)(H,20,21). The predicted octanol–water partition coefficient (Wildman–Crippen LogP) is 2.53. The summed E-state index contributed by atoms with van der Waals surface area (Å²) in [5.41, 5.74) is 0.598. The number of benzene rings is 1. The van der Waals surface area contributed by atoms with Gasteiger partial charge >= 0.3 is 12.0 Å². The predicted molar refractivity (Wildman–Crippen MR) is 93.4 cm³/mol. The number of carboxylic acids is 1. The van der Waals surface area contributed by atoms with Crippen molar-refractivity contribution in [3.63, 3.8) is 0 Å². The van der Waals surface area contributed by atoms with Crippen LogP contribution >= 0.6 is 11.3 Å². The number of ether oxygens (including phenoxy) is 2. The number of hydrogen-bond acceptors (Lipinski definition) is 6. The summed E-state index contributed by atoms with van der Waals surface area (Å²) in [6.45, 7) is 0.900. The molecule has 0 unspecified atom stereocenters. The number of hydrogen-bond donors (Lipinski definition) is 2. The van der Waals surface area contributed by atoms with E-state index in [2.05, 4.69) is 10.3 Å². The molecule has 0 aliphatic heterocycles. The Labute approximate surface area is 149 Å². The first kappa shape index (κ1) is 18.7. The summed E-state index contributed by atoms with van der Waals surface area (Å²) in [4.78, 5) is 28.9. The molecule has 0 bridgehead atoms. The average Bonchev–Trinajstić information content (AvgIpc) is 3.08. The lowest BCUT2D eigenvalue weighted by Gasteiger charge is -2.21. The molecule has 2 rings (SSSR count). The Morgan fingerprint density at radius 3 is 2.56 bits per heavy atom. The number of anilines is 1. The molecule has 2 amide bonds. The van der Waals surface area contributed by atoms with Crippen molar-refractivity contribution < 1.29 is 24.2 Å². The number of rotatable bonds is 8. The number of thiazole rings is 1. The maximum absolute atomic E-state index is 12.5. The van der Waals surface area contributed by atoms with Crippen LogP contribution in [0.25, 0.3) is 0 Å². The zero-order valence-corrected chi connectivity index (χ0v) is 14.7. The van der Waals surface area contributed by atoms with Crippen molar-refractivity contribution in [1.82, 2.24) is 9.88 Å². The van der Waals surface area contributed by atoms with Gasteiger partial charge in [-0.2, -0.15) is 0 Å². The first-order chi connectivity index (χ1) is 12.0. The SMILES string of the molecule is COCCN(Cc1nc(C(=O)O)cs1)C(=O)Nc1ccc(OC)cc1. The first-order valence-corrected chi connectivity index (χ1v) is 8.28. The fraction of sp³-hybridized carbons (Fsp3) is 0.312. The van der Waals surface area contributed by atoms with Gasteiger partial charge in [0.1, 0.15) is 10.8 Å². The Balaban J connectivity index is 2.05. The van der Waals surface area contributed by atoms with Gasteiger partial charge in [-0.05, 0) is 24.3 Å². The molecule has 8 nitrogen and oxygen atoms in total. The van der Waals surface area contributed by atoms with Gasteiger partial charge in [0, 0.05) is 24.7 Å². The summed E-state index contributed by atoms with van der Waals surface area (Å²) in [6, 6.07) is 6.63. The molecule has 134 valence electrons. The van der Waals surface area contributed by atoms with Crippen LogP contribution in [0.15, 0.2) is 29.6 Å². The van der Waals surface area contributed by atoms with Crippen molar-refractivity contribution in [2.75, 3.05) is 32.7 Å². The van der Waals surface area contributed by atoms with Crippen LogP contribution in [0.4, 0.5) is 10.5 Å². The molecule has 0 atom stereocenters. The van der Waals surface area contributed by atoms with E-state index in [1.165, 1.54) is 21.6 Å². The lowest BCUT2D eigenvalue weighted by atomic mass is 10.3. The molecule has 2 aromatic rings. The van der Waals surface area contributed by atoms with E-state index in [0.29, 0.717) is 29.6 Å². The zero-order chi connectivity index (χ0) is 18.2. The molecule has 25 heavy (non-hydrogen) atoms. The van der Waals surface area contributed by atoms with E-state index in [1.54, 1.807) is 38.5 Å². The topological polar surface area (TPSA) is 101 Å². The Morgan fingerprint density at radius 2 is 2.00 bits per heavy atom. The second-order valence-electron chi connectivity index (χ2n) is 5.00. The van der Waals surface area contributed by atoms with Gasteiger partial charge in [0.25, 0.3) is 0 Å². The van der Waals surface area contributed by atoms with Crippen molar-refractivity contribution in [2.24, 2.45) is 0 Å². The molecule has 0 fully saturated rings. The van der Waals surface area contributed by atoms with Crippen LogP contribution in [-0.2, 0) is 11.3 Å². The molecule has 0 aliphatic rings. The van der Waals surface area contributed by atoms with Crippen LogP contribution in [0, 0.1) is 0 Å². The van der Waals surface area contributed by atoms with Crippen molar-refractivity contribution >= 4 is 29.0 Å². The van der Waals surface area contributed by atoms with Gasteiger partial charge in [0.15, 0.2) is 5.69 Å². The minimum absolute atomic E-state index is 0.0257. The van der Waals surface area contributed by atoms with E-state index in [-0.39, 0.29) is 18.3 Å². The third kappa shape index (κ3) is 5.44. The maximum Gasteiger partial charge on any atom is 0.355 e. The number of carboxylic acid groups (broad SMARTS) is 1. The van der Waals surface area contributed by atoms with Gasteiger partial charge in [0.2, 0.25) is 0 Å². The molecule has 9 heteroatoms. The third-order valence-electron chi connectivity index (χ3n) is 3.29. The van der Waals surface area contributed by atoms with E-state index >= 15 is 0 Å². The third-order valence-corrected chi connectivity index (χ3v) is 4.12. The Kier molecular flexibility index (Phi) is 6.72. The monoisotopic (exact) mass is 365 g/mol. The van der Waals surface area contributed by atoms with Gasteiger partial charge in [0.05, 0.1) is 20.3 Å². The fourth-order valence-corrected chi connectivity index (χ4v) is 2.76. The van der Waals surface area contributed by atoms with E-state index in [0.717, 1.165) is 0 Å². The highest BCUT2D eigenvalue weighted by Gasteiger charge is 2.17. The Hall–Kier alpha value is -2.65. The second-order valence-corrected chi connectivity index (χ2v) is 5.95. The molecule has 1 heterocycles. The van der Waals surface area contributed by atoms with Crippen molar-refractivity contribution in [2.45, 2.75) is 6.54 Å². The zero-order valence-electron chi connectivity index (χ0n) is 13.9. The molecule has 1 aromatic carbocycles. The lowest BCUT2D eigenvalue weighted by molar-refractivity contribution is 0.0691. The maximum atomic E-state index is 12.5. The van der Waals surface area contributed by atoms with Crippen LogP contribution in [-0.4, -0.2) is 54.4 Å². The van der Waals surface area contributed by atoms with Crippen LogP contribution < -0.4 is 10.1 Å². The average molecular weight is 365 g/mol. The highest BCUT2D eigenvalue weighted by molar-refractivity contribution is 7.09. The largest absolute Gasteiger partial charge is 0.497 e. The number of methoxy groups -OCH3 is 2. The summed E-state index contributed by atoms with van der Waals surface area (Å²) in [5, 5.41) is 13.7. The molecule has 1 aromatic heterocycles. The Bertz CT molecular complexity index is 717. The second kappa shape index (κ2) is 9.00. The number of aromatic nitrogens is 1. The molecular formula is C16H19N3O5S. The minimum atomic E-state index is -1.09. The van der Waals surface area contributed by atoms with E-state index in [1.807, 2.05) is 0 Å². The molecule has 0 radical (unpaired) electrons. The summed E-state index contributed by atoms with van der Waals surface area (Å²) >= 11 is 1.20. The number of urea groups is 1. The van der Waals surface area contributed by atoms with Crippen molar-refractivity contribution in [3.05, 3.63) is 40.3 Å². The number of nitrogens with zero attached hydrogens (tertiary/aromatic N) is 2. The molecule has 0 saturated carbocycles. The van der Waals surface area contributed by atoms with Crippen LogP contribution in [0.5, 0.6) is 5.75 Å². The van der Waals surface area contributed by atoms with Gasteiger partial charge in [-0.1, -0.05) is 0 Å². The first-order valence-electron chi connectivity index (χ1n) is 7.40. The number of nitrogens with one attached hydrogen (secondary N) is 1. The number of carbonyl (C=O) groups is 2. The van der Waals surface area contributed by atoms with Crippen molar-refractivity contribution in [3.8, 4) is 5.75 Å². The molecule has 2 N–H and O–H groups in total. The summed E-state index contributed by atoms with van der Waals surface area (Å²) in [5.74, 6) is -0.396. The van der Waals surface area contributed by atoms with E-state index in [4.69, 9.17) is 14.6 Å². The quantitative estimate of drug-likeness (QED) is 0.745. The normalized spacial score (nSPS) is 10.3. The fourth-order valence-electron chi connectivity index (χ4n) is 1.98. The van der Waals surface area contributed by atoms with E-state index in [9.17, 15) is 9.59 Å².